The quantitative estimate of drug-likeness (QED) is 0.724. The molecular weight excluding hydrogens is 210 g/mol. The summed E-state index contributed by atoms with van der Waals surface area (Å²) in [5.41, 5.74) is 1.26. The molecule has 0 fully saturated rings. The van der Waals surface area contributed by atoms with Gasteiger partial charge in [-0.25, -0.2) is 0 Å². The highest BCUT2D eigenvalue weighted by molar-refractivity contribution is 5.08. The summed E-state index contributed by atoms with van der Waals surface area (Å²) in [6.07, 6.45) is 5.33. The molecule has 3 heteroatoms. The van der Waals surface area contributed by atoms with Crippen LogP contribution in [0.4, 0.5) is 0 Å². The van der Waals surface area contributed by atoms with Crippen molar-refractivity contribution in [2.75, 3.05) is 19.6 Å². The van der Waals surface area contributed by atoms with Gasteiger partial charge in [-0.05, 0) is 24.0 Å². The van der Waals surface area contributed by atoms with Crippen molar-refractivity contribution in [1.29, 1.82) is 5.26 Å². The van der Waals surface area contributed by atoms with Crippen molar-refractivity contribution in [3.05, 3.63) is 30.1 Å². The van der Waals surface area contributed by atoms with Crippen LogP contribution < -0.4 is 0 Å². The van der Waals surface area contributed by atoms with Gasteiger partial charge in [0.2, 0.25) is 0 Å². The zero-order chi connectivity index (χ0) is 12.5. The van der Waals surface area contributed by atoms with E-state index in [1.165, 1.54) is 5.56 Å². The van der Waals surface area contributed by atoms with Crippen molar-refractivity contribution in [1.82, 2.24) is 9.88 Å². The number of hydrogen-bond acceptors (Lipinski definition) is 3. The number of rotatable bonds is 7. The van der Waals surface area contributed by atoms with E-state index in [1.54, 1.807) is 6.20 Å². The maximum absolute atomic E-state index is 8.65. The fourth-order valence-corrected chi connectivity index (χ4v) is 1.85. The minimum atomic E-state index is 0.611. The van der Waals surface area contributed by atoms with E-state index in [0.29, 0.717) is 12.3 Å². The molecule has 92 valence electrons. The van der Waals surface area contributed by atoms with Crippen LogP contribution in [0.3, 0.4) is 0 Å². The lowest BCUT2D eigenvalue weighted by Gasteiger charge is -2.23. The Bertz CT molecular complexity index is 340. The normalized spacial score (nSPS) is 10.8. The molecule has 0 N–H and O–H groups in total. The van der Waals surface area contributed by atoms with Crippen LogP contribution in [0.1, 0.15) is 25.8 Å². The summed E-state index contributed by atoms with van der Waals surface area (Å²) in [5.74, 6) is 0.641. The molecule has 1 heterocycles. The molecule has 1 rings (SSSR count). The lowest BCUT2D eigenvalue weighted by Crippen LogP contribution is -2.30. The summed E-state index contributed by atoms with van der Waals surface area (Å²) in [6, 6.07) is 6.29. The molecule has 0 unspecified atom stereocenters. The van der Waals surface area contributed by atoms with Crippen molar-refractivity contribution in [2.24, 2.45) is 5.92 Å². The topological polar surface area (TPSA) is 39.9 Å². The molecule has 1 aromatic rings. The highest BCUT2D eigenvalue weighted by Gasteiger charge is 2.07. The van der Waals surface area contributed by atoms with Crippen molar-refractivity contribution >= 4 is 0 Å². The summed E-state index contributed by atoms with van der Waals surface area (Å²) in [7, 11) is 0. The smallest absolute Gasteiger partial charge is 0.0635 e. The van der Waals surface area contributed by atoms with Gasteiger partial charge in [-0.15, -0.1) is 0 Å². The van der Waals surface area contributed by atoms with E-state index in [2.05, 4.69) is 35.9 Å². The Morgan fingerprint density at radius 3 is 2.82 bits per heavy atom. The van der Waals surface area contributed by atoms with Gasteiger partial charge in [-0.3, -0.25) is 4.98 Å². The van der Waals surface area contributed by atoms with Gasteiger partial charge in [-0.2, -0.15) is 5.26 Å². The molecule has 0 aliphatic rings. The first-order valence-electron chi connectivity index (χ1n) is 6.20. The number of pyridine rings is 1. The molecule has 0 spiro atoms. The molecule has 0 aliphatic heterocycles. The Balaban J connectivity index is 2.40. The molecule has 1 aromatic heterocycles. The predicted octanol–water partition coefficient (Wildman–Crippen LogP) is 2.50. The molecule has 0 aromatic carbocycles. The van der Waals surface area contributed by atoms with Gasteiger partial charge in [0.15, 0.2) is 0 Å². The van der Waals surface area contributed by atoms with E-state index in [0.717, 1.165) is 26.1 Å². The van der Waals surface area contributed by atoms with Gasteiger partial charge >= 0.3 is 0 Å². The van der Waals surface area contributed by atoms with Crippen LogP contribution in [0.15, 0.2) is 24.5 Å². The second kappa shape index (κ2) is 7.81. The lowest BCUT2D eigenvalue weighted by atomic mass is 10.1. The Kier molecular flexibility index (Phi) is 6.27. The Hall–Kier alpha value is -1.40. The third-order valence-corrected chi connectivity index (χ3v) is 2.60. The number of nitrogens with zero attached hydrogens (tertiary/aromatic N) is 3. The molecule has 3 nitrogen and oxygen atoms in total. The Morgan fingerprint density at radius 2 is 2.24 bits per heavy atom. The number of nitriles is 1. The molecule has 17 heavy (non-hydrogen) atoms. The molecule has 0 amide bonds. The highest BCUT2D eigenvalue weighted by atomic mass is 15.1. The van der Waals surface area contributed by atoms with E-state index in [4.69, 9.17) is 5.26 Å². The van der Waals surface area contributed by atoms with Gasteiger partial charge in [0.25, 0.3) is 0 Å². The summed E-state index contributed by atoms with van der Waals surface area (Å²) in [4.78, 5) is 6.48. The summed E-state index contributed by atoms with van der Waals surface area (Å²) >= 11 is 0. The predicted molar refractivity (Wildman–Crippen MR) is 69.4 cm³/mol. The maximum Gasteiger partial charge on any atom is 0.0635 e. The van der Waals surface area contributed by atoms with E-state index >= 15 is 0 Å². The van der Waals surface area contributed by atoms with Crippen LogP contribution in [0.5, 0.6) is 0 Å². The average molecular weight is 231 g/mol. The molecule has 0 bridgehead atoms. The van der Waals surface area contributed by atoms with Gasteiger partial charge in [0.05, 0.1) is 6.07 Å². The molecule has 0 atom stereocenters. The monoisotopic (exact) mass is 231 g/mol. The third-order valence-electron chi connectivity index (χ3n) is 2.60. The van der Waals surface area contributed by atoms with Crippen molar-refractivity contribution in [2.45, 2.75) is 26.7 Å². The lowest BCUT2D eigenvalue weighted by molar-refractivity contribution is 0.252. The Morgan fingerprint density at radius 1 is 1.41 bits per heavy atom. The Labute approximate surface area is 104 Å². The van der Waals surface area contributed by atoms with E-state index in [-0.39, 0.29) is 0 Å². The van der Waals surface area contributed by atoms with Crippen molar-refractivity contribution in [3.8, 4) is 6.07 Å². The second-order valence-electron chi connectivity index (χ2n) is 4.71. The molecule has 0 saturated heterocycles. The minimum Gasteiger partial charge on any atom is -0.302 e. The standard InChI is InChI=1S/C14H21N3/c1-13(2)12-17(9-4-7-15)10-6-14-5-3-8-16-11-14/h3,5,8,11,13H,4,6,9-10,12H2,1-2H3. The molecular formula is C14H21N3. The first-order chi connectivity index (χ1) is 8.22. The van der Waals surface area contributed by atoms with Crippen LogP contribution >= 0.6 is 0 Å². The van der Waals surface area contributed by atoms with Gasteiger partial charge < -0.3 is 4.90 Å². The largest absolute Gasteiger partial charge is 0.302 e. The van der Waals surface area contributed by atoms with Gasteiger partial charge in [-0.1, -0.05) is 19.9 Å². The first kappa shape index (κ1) is 13.7. The van der Waals surface area contributed by atoms with Crippen LogP contribution in [0, 0.1) is 17.2 Å². The van der Waals surface area contributed by atoms with Gasteiger partial charge in [0.1, 0.15) is 0 Å². The van der Waals surface area contributed by atoms with Crippen LogP contribution in [0.2, 0.25) is 0 Å². The van der Waals surface area contributed by atoms with Crippen LogP contribution in [0.25, 0.3) is 0 Å². The molecule has 0 radical (unpaired) electrons. The van der Waals surface area contributed by atoms with Gasteiger partial charge in [0, 0.05) is 38.4 Å². The highest BCUT2D eigenvalue weighted by Crippen LogP contribution is 2.03. The SMILES string of the molecule is CC(C)CN(CCC#N)CCc1cccnc1. The zero-order valence-corrected chi connectivity index (χ0v) is 10.8. The number of hydrogen-bond donors (Lipinski definition) is 0. The first-order valence-corrected chi connectivity index (χ1v) is 6.20. The minimum absolute atomic E-state index is 0.611. The van der Waals surface area contributed by atoms with Crippen LogP contribution in [-0.4, -0.2) is 29.5 Å². The van der Waals surface area contributed by atoms with E-state index < -0.39 is 0 Å². The molecule has 0 aliphatic carbocycles. The summed E-state index contributed by atoms with van der Waals surface area (Å²) in [6.45, 7) is 7.36. The van der Waals surface area contributed by atoms with E-state index in [9.17, 15) is 0 Å². The fourth-order valence-electron chi connectivity index (χ4n) is 1.85. The van der Waals surface area contributed by atoms with E-state index in [1.807, 2.05) is 12.3 Å². The maximum atomic E-state index is 8.65. The fraction of sp³-hybridized carbons (Fsp3) is 0.571. The average Bonchev–Trinajstić information content (AvgIpc) is 2.33. The molecule has 0 saturated carbocycles. The van der Waals surface area contributed by atoms with Crippen molar-refractivity contribution in [3.63, 3.8) is 0 Å². The zero-order valence-electron chi connectivity index (χ0n) is 10.8. The second-order valence-corrected chi connectivity index (χ2v) is 4.71. The third kappa shape index (κ3) is 6.03. The summed E-state index contributed by atoms with van der Waals surface area (Å²) in [5, 5.41) is 8.65. The van der Waals surface area contributed by atoms with Crippen molar-refractivity contribution < 1.29 is 0 Å². The van der Waals surface area contributed by atoms with Crippen LogP contribution in [-0.2, 0) is 6.42 Å². The summed E-state index contributed by atoms with van der Waals surface area (Å²) < 4.78 is 0. The number of aromatic nitrogens is 1.